The van der Waals surface area contributed by atoms with Crippen LogP contribution in [0.2, 0.25) is 0 Å². The van der Waals surface area contributed by atoms with Gasteiger partial charge in [-0.25, -0.2) is 0 Å². The SMILES string of the molecule is C[C@H](O)CC/C=C/C=C/C=C/CCCCCCCC(=O)O. The zero-order valence-electron chi connectivity index (χ0n) is 13.2. The lowest BCUT2D eigenvalue weighted by Crippen LogP contribution is -1.96. The van der Waals surface area contributed by atoms with Crippen LogP contribution in [-0.4, -0.2) is 22.3 Å². The van der Waals surface area contributed by atoms with Gasteiger partial charge in [0.25, 0.3) is 0 Å². The maximum Gasteiger partial charge on any atom is 0.303 e. The smallest absolute Gasteiger partial charge is 0.303 e. The highest BCUT2D eigenvalue weighted by molar-refractivity contribution is 5.66. The zero-order valence-corrected chi connectivity index (χ0v) is 13.2. The van der Waals surface area contributed by atoms with E-state index in [4.69, 9.17) is 10.2 Å². The quantitative estimate of drug-likeness (QED) is 0.384. The topological polar surface area (TPSA) is 57.5 Å². The van der Waals surface area contributed by atoms with Gasteiger partial charge in [0.1, 0.15) is 0 Å². The molecule has 0 aromatic carbocycles. The molecular formula is C18H30O3. The molecule has 1 atom stereocenters. The molecule has 2 N–H and O–H groups in total. The number of aliphatic hydroxyl groups is 1. The maximum absolute atomic E-state index is 10.3. The Morgan fingerprint density at radius 1 is 0.905 bits per heavy atom. The van der Waals surface area contributed by atoms with Crippen molar-refractivity contribution in [1.29, 1.82) is 0 Å². The second-order valence-electron chi connectivity index (χ2n) is 5.37. The minimum absolute atomic E-state index is 0.220. The lowest BCUT2D eigenvalue weighted by atomic mass is 10.1. The largest absolute Gasteiger partial charge is 0.481 e. The van der Waals surface area contributed by atoms with Crippen molar-refractivity contribution in [2.24, 2.45) is 0 Å². The van der Waals surface area contributed by atoms with E-state index >= 15 is 0 Å². The molecule has 0 saturated carbocycles. The molecule has 0 fully saturated rings. The van der Waals surface area contributed by atoms with Crippen LogP contribution in [0.15, 0.2) is 36.5 Å². The van der Waals surface area contributed by atoms with Crippen molar-refractivity contribution in [2.45, 2.75) is 70.8 Å². The molecule has 0 heterocycles. The molecule has 0 aliphatic heterocycles. The van der Waals surface area contributed by atoms with Crippen molar-refractivity contribution in [2.75, 3.05) is 0 Å². The summed E-state index contributed by atoms with van der Waals surface area (Å²) in [5.41, 5.74) is 0. The molecule has 21 heavy (non-hydrogen) atoms. The molecule has 0 aliphatic rings. The molecule has 0 spiro atoms. The Kier molecular flexibility index (Phi) is 14.1. The van der Waals surface area contributed by atoms with Crippen LogP contribution >= 0.6 is 0 Å². The van der Waals surface area contributed by atoms with E-state index < -0.39 is 5.97 Å². The number of rotatable bonds is 13. The molecule has 0 aliphatic carbocycles. The Morgan fingerprint density at radius 3 is 2.10 bits per heavy atom. The third-order valence-corrected chi connectivity index (χ3v) is 3.12. The van der Waals surface area contributed by atoms with Gasteiger partial charge in [0.15, 0.2) is 0 Å². The van der Waals surface area contributed by atoms with Gasteiger partial charge in [-0.2, -0.15) is 0 Å². The summed E-state index contributed by atoms with van der Waals surface area (Å²) in [7, 11) is 0. The van der Waals surface area contributed by atoms with Gasteiger partial charge in [0, 0.05) is 6.42 Å². The van der Waals surface area contributed by atoms with Crippen molar-refractivity contribution < 1.29 is 15.0 Å². The van der Waals surface area contributed by atoms with E-state index in [1.54, 1.807) is 6.92 Å². The highest BCUT2D eigenvalue weighted by Crippen LogP contribution is 2.07. The molecule has 0 aromatic heterocycles. The number of hydrogen-bond donors (Lipinski definition) is 2. The van der Waals surface area contributed by atoms with Crippen molar-refractivity contribution in [3.05, 3.63) is 36.5 Å². The monoisotopic (exact) mass is 294 g/mol. The minimum atomic E-state index is -0.690. The maximum atomic E-state index is 10.3. The number of hydrogen-bond acceptors (Lipinski definition) is 2. The molecule has 3 nitrogen and oxygen atoms in total. The number of carbonyl (C=O) groups is 1. The third-order valence-electron chi connectivity index (χ3n) is 3.12. The van der Waals surface area contributed by atoms with Crippen LogP contribution in [0.4, 0.5) is 0 Å². The first kappa shape index (κ1) is 19.7. The Hall–Kier alpha value is -1.35. The number of aliphatic carboxylic acids is 1. The lowest BCUT2D eigenvalue weighted by Gasteiger charge is -1.97. The average Bonchev–Trinajstić information content (AvgIpc) is 2.42. The van der Waals surface area contributed by atoms with E-state index in [2.05, 4.69) is 18.2 Å². The summed E-state index contributed by atoms with van der Waals surface area (Å²) in [4.78, 5) is 10.3. The molecule has 0 aromatic rings. The molecule has 3 heteroatoms. The summed E-state index contributed by atoms with van der Waals surface area (Å²) in [5.74, 6) is -0.690. The number of carboxylic acids is 1. The van der Waals surface area contributed by atoms with Crippen LogP contribution < -0.4 is 0 Å². The summed E-state index contributed by atoms with van der Waals surface area (Å²) in [6.45, 7) is 1.80. The van der Waals surface area contributed by atoms with Gasteiger partial charge in [-0.15, -0.1) is 0 Å². The average molecular weight is 294 g/mol. The van der Waals surface area contributed by atoms with Crippen LogP contribution in [-0.2, 0) is 4.79 Å². The second-order valence-corrected chi connectivity index (χ2v) is 5.37. The molecule has 0 unspecified atom stereocenters. The van der Waals surface area contributed by atoms with E-state index in [0.717, 1.165) is 38.5 Å². The standard InChI is InChI=1S/C18H30O3/c1-17(19)15-13-11-9-7-5-3-2-4-6-8-10-12-14-16-18(20)21/h2-3,5,7,9,11,17,19H,4,6,8,10,12-16H2,1H3,(H,20,21)/b3-2+,7-5+,11-9+/t17-/m0/s1. The van der Waals surface area contributed by atoms with Gasteiger partial charge in [0.05, 0.1) is 6.10 Å². The Balaban J connectivity index is 3.34. The predicted octanol–water partition coefficient (Wildman–Crippen LogP) is 4.63. The van der Waals surface area contributed by atoms with Gasteiger partial charge in [-0.1, -0.05) is 55.7 Å². The number of aliphatic hydroxyl groups excluding tert-OH is 1. The van der Waals surface area contributed by atoms with E-state index in [1.807, 2.05) is 18.2 Å². The van der Waals surface area contributed by atoms with Crippen LogP contribution in [0.25, 0.3) is 0 Å². The molecule has 0 radical (unpaired) electrons. The normalized spacial score (nSPS) is 13.6. The van der Waals surface area contributed by atoms with Crippen LogP contribution in [0.3, 0.4) is 0 Å². The summed E-state index contributed by atoms with van der Waals surface area (Å²) in [6, 6.07) is 0. The van der Waals surface area contributed by atoms with E-state index in [9.17, 15) is 4.79 Å². The van der Waals surface area contributed by atoms with Gasteiger partial charge in [0.2, 0.25) is 0 Å². The van der Waals surface area contributed by atoms with Crippen molar-refractivity contribution in [1.82, 2.24) is 0 Å². The fourth-order valence-corrected chi connectivity index (χ4v) is 1.88. The number of allylic oxidation sites excluding steroid dienone is 6. The lowest BCUT2D eigenvalue weighted by molar-refractivity contribution is -0.137. The Bertz CT molecular complexity index is 327. The van der Waals surface area contributed by atoms with E-state index in [0.29, 0.717) is 6.42 Å². The van der Waals surface area contributed by atoms with Crippen molar-refractivity contribution in [3.8, 4) is 0 Å². The number of carboxylic acid groups (broad SMARTS) is 1. The van der Waals surface area contributed by atoms with Gasteiger partial charge >= 0.3 is 5.97 Å². The van der Waals surface area contributed by atoms with Crippen LogP contribution in [0.1, 0.15) is 64.7 Å². The summed E-state index contributed by atoms with van der Waals surface area (Å²) >= 11 is 0. The van der Waals surface area contributed by atoms with Gasteiger partial charge in [-0.3, -0.25) is 4.79 Å². The molecule has 120 valence electrons. The fraction of sp³-hybridized carbons (Fsp3) is 0.611. The third kappa shape index (κ3) is 18.6. The Morgan fingerprint density at radius 2 is 1.48 bits per heavy atom. The van der Waals surface area contributed by atoms with E-state index in [1.165, 1.54) is 12.8 Å². The van der Waals surface area contributed by atoms with Crippen molar-refractivity contribution in [3.63, 3.8) is 0 Å². The molecule has 0 bridgehead atoms. The first-order chi connectivity index (χ1) is 10.1. The summed E-state index contributed by atoms with van der Waals surface area (Å²) < 4.78 is 0. The fourth-order valence-electron chi connectivity index (χ4n) is 1.88. The minimum Gasteiger partial charge on any atom is -0.481 e. The van der Waals surface area contributed by atoms with E-state index in [-0.39, 0.29) is 6.10 Å². The van der Waals surface area contributed by atoms with Gasteiger partial charge in [-0.05, 0) is 39.0 Å². The molecule has 0 rings (SSSR count). The van der Waals surface area contributed by atoms with Crippen molar-refractivity contribution >= 4 is 5.97 Å². The highest BCUT2D eigenvalue weighted by atomic mass is 16.4. The summed E-state index contributed by atoms with van der Waals surface area (Å²) in [5, 5.41) is 17.6. The Labute approximate surface area is 129 Å². The predicted molar refractivity (Wildman–Crippen MR) is 88.3 cm³/mol. The first-order valence-electron chi connectivity index (χ1n) is 8.01. The molecule has 0 saturated heterocycles. The molecular weight excluding hydrogens is 264 g/mol. The highest BCUT2D eigenvalue weighted by Gasteiger charge is 1.95. The van der Waals surface area contributed by atoms with Crippen LogP contribution in [0, 0.1) is 0 Å². The first-order valence-corrected chi connectivity index (χ1v) is 8.01. The second kappa shape index (κ2) is 15.0. The summed E-state index contributed by atoms with van der Waals surface area (Å²) in [6.07, 6.45) is 20.5. The number of unbranched alkanes of at least 4 members (excludes halogenated alkanes) is 5. The molecule has 0 amide bonds. The van der Waals surface area contributed by atoms with Gasteiger partial charge < -0.3 is 10.2 Å². The van der Waals surface area contributed by atoms with Crippen LogP contribution in [0.5, 0.6) is 0 Å². The zero-order chi connectivity index (χ0) is 15.8.